The zero-order valence-corrected chi connectivity index (χ0v) is 11.4. The molecule has 0 amide bonds. The molecule has 1 fully saturated rings. The third-order valence-corrected chi connectivity index (χ3v) is 3.82. The monoisotopic (exact) mass is 270 g/mol. The molecule has 0 unspecified atom stereocenters. The van der Waals surface area contributed by atoms with Gasteiger partial charge >= 0.3 is 0 Å². The molecule has 4 nitrogen and oxygen atoms in total. The van der Waals surface area contributed by atoms with Crippen molar-refractivity contribution in [1.29, 1.82) is 0 Å². The number of likely N-dealkylation sites (tertiary alicyclic amines) is 1. The van der Waals surface area contributed by atoms with E-state index in [0.29, 0.717) is 0 Å². The van der Waals surface area contributed by atoms with E-state index in [1.54, 1.807) is 11.9 Å². The van der Waals surface area contributed by atoms with Gasteiger partial charge in [0.2, 0.25) is 0 Å². The number of nitrogens with zero attached hydrogens (tertiary/aromatic N) is 3. The fourth-order valence-corrected chi connectivity index (χ4v) is 2.51. The molecule has 0 atom stereocenters. The molecule has 106 valence electrons. The quantitative estimate of drug-likeness (QED) is 0.910. The van der Waals surface area contributed by atoms with Crippen LogP contribution in [0.4, 0.5) is 20.4 Å². The molecule has 2 heterocycles. The molecular formula is C13H20F2N4. The first-order chi connectivity index (χ1) is 9.02. The highest BCUT2D eigenvalue weighted by Gasteiger charge is 2.25. The van der Waals surface area contributed by atoms with Gasteiger partial charge < -0.3 is 15.5 Å². The van der Waals surface area contributed by atoms with Crippen molar-refractivity contribution in [1.82, 2.24) is 9.88 Å². The first-order valence-corrected chi connectivity index (χ1v) is 6.59. The van der Waals surface area contributed by atoms with Gasteiger partial charge in [0.1, 0.15) is 0 Å². The molecule has 2 rings (SSSR count). The zero-order valence-electron chi connectivity index (χ0n) is 11.4. The standard InChI is InChI=1S/C13H20F2N4/c1-3-19-6-4-9(5-7-19)18(2)13-11(15)8-10(14)12(16)17-13/h8-9H,3-7H2,1-2H3,(H2,16,17). The maximum Gasteiger partial charge on any atom is 0.168 e. The third kappa shape index (κ3) is 2.94. The molecule has 0 bridgehead atoms. The van der Waals surface area contributed by atoms with E-state index in [9.17, 15) is 8.78 Å². The van der Waals surface area contributed by atoms with E-state index < -0.39 is 11.6 Å². The van der Waals surface area contributed by atoms with E-state index >= 15 is 0 Å². The Hall–Kier alpha value is -1.43. The van der Waals surface area contributed by atoms with Gasteiger partial charge in [0.25, 0.3) is 0 Å². The lowest BCUT2D eigenvalue weighted by Gasteiger charge is -2.36. The first kappa shape index (κ1) is 14.0. The number of hydrogen-bond donors (Lipinski definition) is 1. The van der Waals surface area contributed by atoms with Crippen LogP contribution in [0.5, 0.6) is 0 Å². The Morgan fingerprint density at radius 2 is 2.00 bits per heavy atom. The maximum absolute atomic E-state index is 13.8. The summed E-state index contributed by atoms with van der Waals surface area (Å²) in [7, 11) is 1.79. The smallest absolute Gasteiger partial charge is 0.168 e. The van der Waals surface area contributed by atoms with Crippen molar-refractivity contribution in [2.24, 2.45) is 0 Å². The van der Waals surface area contributed by atoms with Crippen LogP contribution in [0, 0.1) is 11.6 Å². The number of nitrogen functional groups attached to an aromatic ring is 1. The summed E-state index contributed by atoms with van der Waals surface area (Å²) < 4.78 is 26.9. The lowest BCUT2D eigenvalue weighted by atomic mass is 10.0. The summed E-state index contributed by atoms with van der Waals surface area (Å²) in [5.41, 5.74) is 5.41. The Morgan fingerprint density at radius 1 is 1.37 bits per heavy atom. The molecule has 6 heteroatoms. The Labute approximate surface area is 112 Å². The second-order valence-corrected chi connectivity index (χ2v) is 4.94. The topological polar surface area (TPSA) is 45.4 Å². The molecule has 1 aliphatic rings. The molecule has 1 saturated heterocycles. The van der Waals surface area contributed by atoms with Gasteiger partial charge in [-0.1, -0.05) is 6.92 Å². The Morgan fingerprint density at radius 3 is 2.58 bits per heavy atom. The van der Waals surface area contributed by atoms with Gasteiger partial charge in [-0.25, -0.2) is 13.8 Å². The van der Waals surface area contributed by atoms with E-state index in [1.807, 2.05) is 0 Å². The van der Waals surface area contributed by atoms with Crippen LogP contribution in [0.15, 0.2) is 6.07 Å². The second kappa shape index (κ2) is 5.69. The number of hydrogen-bond acceptors (Lipinski definition) is 4. The van der Waals surface area contributed by atoms with Crippen LogP contribution >= 0.6 is 0 Å². The van der Waals surface area contributed by atoms with Crippen molar-refractivity contribution in [3.8, 4) is 0 Å². The van der Waals surface area contributed by atoms with Crippen LogP contribution in [-0.4, -0.2) is 42.6 Å². The van der Waals surface area contributed by atoms with Crippen molar-refractivity contribution in [3.05, 3.63) is 17.7 Å². The SMILES string of the molecule is CCN1CCC(N(C)c2nc(N)c(F)cc2F)CC1. The Balaban J connectivity index is 2.12. The molecule has 2 N–H and O–H groups in total. The molecule has 19 heavy (non-hydrogen) atoms. The van der Waals surface area contributed by atoms with Gasteiger partial charge in [-0.3, -0.25) is 0 Å². The van der Waals surface area contributed by atoms with Crippen LogP contribution in [0.1, 0.15) is 19.8 Å². The van der Waals surface area contributed by atoms with E-state index in [2.05, 4.69) is 16.8 Å². The van der Waals surface area contributed by atoms with Gasteiger partial charge in [0, 0.05) is 32.2 Å². The number of pyridine rings is 1. The summed E-state index contributed by atoms with van der Waals surface area (Å²) >= 11 is 0. The first-order valence-electron chi connectivity index (χ1n) is 6.59. The molecule has 0 aromatic carbocycles. The Kier molecular flexibility index (Phi) is 4.19. The number of nitrogens with two attached hydrogens (primary N) is 1. The molecule has 1 aromatic rings. The van der Waals surface area contributed by atoms with Gasteiger partial charge in [0.05, 0.1) is 0 Å². The fraction of sp³-hybridized carbons (Fsp3) is 0.615. The lowest BCUT2D eigenvalue weighted by Crippen LogP contribution is -2.43. The third-order valence-electron chi connectivity index (χ3n) is 3.82. The van der Waals surface area contributed by atoms with Crippen molar-refractivity contribution in [2.75, 3.05) is 37.3 Å². The predicted molar refractivity (Wildman–Crippen MR) is 72.1 cm³/mol. The van der Waals surface area contributed by atoms with Gasteiger partial charge in [-0.2, -0.15) is 0 Å². The van der Waals surface area contributed by atoms with Crippen molar-refractivity contribution in [2.45, 2.75) is 25.8 Å². The molecule has 0 spiro atoms. The van der Waals surface area contributed by atoms with Crippen LogP contribution in [-0.2, 0) is 0 Å². The average molecular weight is 270 g/mol. The highest BCUT2D eigenvalue weighted by atomic mass is 19.1. The second-order valence-electron chi connectivity index (χ2n) is 4.94. The Bertz CT molecular complexity index is 445. The summed E-state index contributed by atoms with van der Waals surface area (Å²) in [4.78, 5) is 7.96. The molecule has 0 aliphatic carbocycles. The lowest BCUT2D eigenvalue weighted by molar-refractivity contribution is 0.220. The minimum Gasteiger partial charge on any atom is -0.381 e. The van der Waals surface area contributed by atoms with Crippen LogP contribution in [0.3, 0.4) is 0 Å². The fourth-order valence-electron chi connectivity index (χ4n) is 2.51. The molecule has 0 radical (unpaired) electrons. The zero-order chi connectivity index (χ0) is 14.0. The summed E-state index contributed by atoms with van der Waals surface area (Å²) in [6, 6.07) is 1.02. The van der Waals surface area contributed by atoms with E-state index in [1.165, 1.54) is 0 Å². The number of anilines is 2. The number of rotatable bonds is 3. The molecule has 1 aliphatic heterocycles. The number of piperidine rings is 1. The van der Waals surface area contributed by atoms with Crippen molar-refractivity contribution in [3.63, 3.8) is 0 Å². The highest BCUT2D eigenvalue weighted by Crippen LogP contribution is 2.25. The van der Waals surface area contributed by atoms with Crippen LogP contribution in [0.25, 0.3) is 0 Å². The van der Waals surface area contributed by atoms with Gasteiger partial charge in [0.15, 0.2) is 23.3 Å². The summed E-state index contributed by atoms with van der Waals surface area (Å²) in [5.74, 6) is -1.59. The predicted octanol–water partition coefficient (Wildman–Crippen LogP) is 1.86. The minimum absolute atomic E-state index is 0.133. The van der Waals surface area contributed by atoms with Crippen LogP contribution < -0.4 is 10.6 Å². The molecular weight excluding hydrogens is 250 g/mol. The van der Waals surface area contributed by atoms with Gasteiger partial charge in [-0.05, 0) is 19.4 Å². The van der Waals surface area contributed by atoms with Crippen LogP contribution in [0.2, 0.25) is 0 Å². The molecule has 0 saturated carbocycles. The van der Waals surface area contributed by atoms with E-state index in [-0.39, 0.29) is 17.7 Å². The minimum atomic E-state index is -0.810. The normalized spacial score (nSPS) is 17.7. The summed E-state index contributed by atoms with van der Waals surface area (Å²) in [6.07, 6.45) is 1.89. The van der Waals surface area contributed by atoms with Crippen molar-refractivity contribution < 1.29 is 8.78 Å². The van der Waals surface area contributed by atoms with Gasteiger partial charge in [-0.15, -0.1) is 0 Å². The average Bonchev–Trinajstić information content (AvgIpc) is 2.42. The van der Waals surface area contributed by atoms with E-state index in [0.717, 1.165) is 38.5 Å². The number of aromatic nitrogens is 1. The molecule has 1 aromatic heterocycles. The van der Waals surface area contributed by atoms with E-state index in [4.69, 9.17) is 5.73 Å². The summed E-state index contributed by atoms with van der Waals surface area (Å²) in [6.45, 7) is 5.14. The largest absolute Gasteiger partial charge is 0.381 e. The summed E-state index contributed by atoms with van der Waals surface area (Å²) in [5, 5.41) is 0. The highest BCUT2D eigenvalue weighted by molar-refractivity contribution is 5.47. The number of halogens is 2. The van der Waals surface area contributed by atoms with Crippen molar-refractivity contribution >= 4 is 11.6 Å². The maximum atomic E-state index is 13.8.